The van der Waals surface area contributed by atoms with Crippen molar-refractivity contribution in [3.8, 4) is 0 Å². The fraction of sp³-hybridized carbons (Fsp3) is 0. The summed E-state index contributed by atoms with van der Waals surface area (Å²) in [5.74, 6) is 0. The largest absolute Gasteiger partial charge is 0.257 e. The molecular weight excluding hydrogens is 226 g/mol. The van der Waals surface area contributed by atoms with Crippen LogP contribution in [0.2, 0.25) is 0 Å². The lowest BCUT2D eigenvalue weighted by Crippen LogP contribution is -1.78. The maximum atomic E-state index is 3.82. The number of hydrogen-bond donors (Lipinski definition) is 0. The van der Waals surface area contributed by atoms with E-state index in [2.05, 4.69) is 47.4 Å². The van der Waals surface area contributed by atoms with E-state index in [9.17, 15) is 0 Å². The number of nitrogens with zero attached hydrogens (tertiary/aromatic N) is 1. The van der Waals surface area contributed by atoms with Gasteiger partial charge in [0.15, 0.2) is 0 Å². The van der Waals surface area contributed by atoms with E-state index in [1.54, 1.807) is 18.2 Å². The van der Waals surface area contributed by atoms with Crippen LogP contribution in [0, 0.1) is 0 Å². The first kappa shape index (κ1) is 11.8. The van der Waals surface area contributed by atoms with E-state index < -0.39 is 0 Å². The Labute approximate surface area is 87.7 Å². The number of hydrogen-bond acceptors (Lipinski definition) is 1. The predicted molar refractivity (Wildman–Crippen MR) is 64.2 cm³/mol. The van der Waals surface area contributed by atoms with Gasteiger partial charge in [0.2, 0.25) is 0 Å². The van der Waals surface area contributed by atoms with Gasteiger partial charge in [-0.1, -0.05) is 38.0 Å². The second kappa shape index (κ2) is 6.38. The van der Waals surface area contributed by atoms with Gasteiger partial charge in [0.25, 0.3) is 0 Å². The molecule has 0 aromatic carbocycles. The highest BCUT2D eigenvalue weighted by molar-refractivity contribution is 9.11. The van der Waals surface area contributed by atoms with Crippen LogP contribution < -0.4 is 0 Å². The van der Waals surface area contributed by atoms with Crippen LogP contribution in [0.1, 0.15) is 0 Å². The molecule has 0 aromatic heterocycles. The highest BCUT2D eigenvalue weighted by Crippen LogP contribution is 2.14. The number of allylic oxidation sites excluding steroid dienone is 6. The molecular formula is C11H12BrN. The van der Waals surface area contributed by atoms with Crippen LogP contribution in [-0.2, 0) is 0 Å². The molecule has 0 fully saturated rings. The molecule has 0 aromatic rings. The highest BCUT2D eigenvalue weighted by atomic mass is 79.9. The quantitative estimate of drug-likeness (QED) is 0.392. The van der Waals surface area contributed by atoms with Crippen molar-refractivity contribution in [2.45, 2.75) is 0 Å². The van der Waals surface area contributed by atoms with E-state index in [4.69, 9.17) is 0 Å². The topological polar surface area (TPSA) is 12.4 Å². The van der Waals surface area contributed by atoms with E-state index in [1.807, 2.05) is 6.08 Å². The number of aliphatic imine (C=N–C) groups is 1. The first-order chi connectivity index (χ1) is 6.11. The van der Waals surface area contributed by atoms with Crippen LogP contribution >= 0.6 is 15.9 Å². The molecule has 0 saturated carbocycles. The van der Waals surface area contributed by atoms with E-state index in [0.29, 0.717) is 4.61 Å². The summed E-state index contributed by atoms with van der Waals surface area (Å²) in [6.07, 6.45) is 7.07. The third-order valence-electron chi connectivity index (χ3n) is 1.29. The van der Waals surface area contributed by atoms with Gasteiger partial charge in [-0.15, -0.1) is 0 Å². The standard InChI is InChI=1S/C11H12BrN/c1-5-6-7-9(2)10(3)8-11(12)13-4/h5-8H,1-4H2/b7-6-,11-8-. The van der Waals surface area contributed by atoms with Gasteiger partial charge in [0, 0.05) is 0 Å². The van der Waals surface area contributed by atoms with Crippen LogP contribution in [-0.4, -0.2) is 6.72 Å². The van der Waals surface area contributed by atoms with Crippen molar-refractivity contribution in [1.82, 2.24) is 0 Å². The van der Waals surface area contributed by atoms with Gasteiger partial charge in [-0.25, -0.2) is 0 Å². The summed E-state index contributed by atoms with van der Waals surface area (Å²) in [5, 5.41) is 0. The molecule has 0 radical (unpaired) electrons. The Balaban J connectivity index is 4.44. The van der Waals surface area contributed by atoms with Crippen LogP contribution in [0.5, 0.6) is 0 Å². The zero-order valence-corrected chi connectivity index (χ0v) is 9.05. The number of halogens is 1. The Kier molecular flexibility index (Phi) is 5.81. The first-order valence-corrected chi connectivity index (χ1v) is 4.42. The minimum Gasteiger partial charge on any atom is -0.257 e. The smallest absolute Gasteiger partial charge is 0.105 e. The summed E-state index contributed by atoms with van der Waals surface area (Å²) in [5.41, 5.74) is 1.61. The van der Waals surface area contributed by atoms with Gasteiger partial charge < -0.3 is 0 Å². The first-order valence-electron chi connectivity index (χ1n) is 3.63. The minimum absolute atomic E-state index is 0.644. The summed E-state index contributed by atoms with van der Waals surface area (Å²) in [6.45, 7) is 14.6. The Morgan fingerprint density at radius 2 is 1.85 bits per heavy atom. The third kappa shape index (κ3) is 5.15. The fourth-order valence-electron chi connectivity index (χ4n) is 0.573. The van der Waals surface area contributed by atoms with Crippen LogP contribution in [0.25, 0.3) is 0 Å². The van der Waals surface area contributed by atoms with Gasteiger partial charge in [0.1, 0.15) is 4.61 Å². The van der Waals surface area contributed by atoms with Gasteiger partial charge in [-0.2, -0.15) is 0 Å². The van der Waals surface area contributed by atoms with Crippen LogP contribution in [0.3, 0.4) is 0 Å². The molecule has 0 aliphatic carbocycles. The molecule has 0 unspecified atom stereocenters. The molecule has 0 spiro atoms. The lowest BCUT2D eigenvalue weighted by molar-refractivity contribution is 1.51. The molecule has 0 atom stereocenters. The van der Waals surface area contributed by atoms with Crippen molar-refractivity contribution in [1.29, 1.82) is 0 Å². The molecule has 0 heterocycles. The molecule has 0 N–H and O–H groups in total. The fourth-order valence-corrected chi connectivity index (χ4v) is 0.850. The molecule has 2 heteroatoms. The summed E-state index contributed by atoms with van der Waals surface area (Å²) >= 11 is 3.20. The molecule has 1 nitrogen and oxygen atoms in total. The average molecular weight is 238 g/mol. The summed E-state index contributed by atoms with van der Waals surface area (Å²) in [6, 6.07) is 0. The van der Waals surface area contributed by atoms with E-state index in [-0.39, 0.29) is 0 Å². The van der Waals surface area contributed by atoms with E-state index >= 15 is 0 Å². The monoisotopic (exact) mass is 237 g/mol. The van der Waals surface area contributed by atoms with E-state index in [1.165, 1.54) is 0 Å². The van der Waals surface area contributed by atoms with Gasteiger partial charge in [0.05, 0.1) is 0 Å². The predicted octanol–water partition coefficient (Wildman–Crippen LogP) is 3.78. The summed E-state index contributed by atoms with van der Waals surface area (Å²) < 4.78 is 0.644. The van der Waals surface area contributed by atoms with Gasteiger partial charge in [-0.05, 0) is 39.9 Å². The average Bonchev–Trinajstić information content (AvgIpc) is 2.13. The van der Waals surface area contributed by atoms with Crippen molar-refractivity contribution in [3.63, 3.8) is 0 Å². The van der Waals surface area contributed by atoms with E-state index in [0.717, 1.165) is 11.1 Å². The van der Waals surface area contributed by atoms with Gasteiger partial charge in [-0.3, -0.25) is 4.99 Å². The van der Waals surface area contributed by atoms with Crippen LogP contribution in [0.4, 0.5) is 0 Å². The Hall–Kier alpha value is -1.15. The highest BCUT2D eigenvalue weighted by Gasteiger charge is 1.93. The lowest BCUT2D eigenvalue weighted by atomic mass is 10.1. The lowest BCUT2D eigenvalue weighted by Gasteiger charge is -1.97. The molecule has 0 saturated heterocycles. The molecule has 0 bridgehead atoms. The zero-order valence-electron chi connectivity index (χ0n) is 7.46. The molecule has 68 valence electrons. The summed E-state index contributed by atoms with van der Waals surface area (Å²) in [4.78, 5) is 3.67. The third-order valence-corrected chi connectivity index (χ3v) is 1.77. The second-order valence-corrected chi connectivity index (χ2v) is 3.08. The van der Waals surface area contributed by atoms with Crippen molar-refractivity contribution in [2.75, 3.05) is 0 Å². The SMILES string of the molecule is C=C/C=C\C(=C)C(=C)/C=C(/Br)N=C. The maximum absolute atomic E-state index is 3.82. The Morgan fingerprint density at radius 1 is 1.23 bits per heavy atom. The Bertz CT molecular complexity index is 295. The minimum atomic E-state index is 0.644. The summed E-state index contributed by atoms with van der Waals surface area (Å²) in [7, 11) is 0. The van der Waals surface area contributed by atoms with Crippen molar-refractivity contribution in [2.24, 2.45) is 4.99 Å². The molecule has 0 amide bonds. The maximum Gasteiger partial charge on any atom is 0.105 e. The normalized spacial score (nSPS) is 11.3. The Morgan fingerprint density at radius 3 is 2.31 bits per heavy atom. The van der Waals surface area contributed by atoms with Crippen LogP contribution in [0.15, 0.2) is 64.8 Å². The number of rotatable bonds is 5. The molecule has 0 aliphatic rings. The second-order valence-electron chi connectivity index (χ2n) is 2.27. The zero-order chi connectivity index (χ0) is 10.3. The molecule has 0 aliphatic heterocycles. The van der Waals surface area contributed by atoms with Crippen molar-refractivity contribution >= 4 is 22.6 Å². The molecule has 13 heavy (non-hydrogen) atoms. The van der Waals surface area contributed by atoms with Crippen molar-refractivity contribution in [3.05, 3.63) is 59.8 Å². The van der Waals surface area contributed by atoms with Gasteiger partial charge >= 0.3 is 0 Å². The van der Waals surface area contributed by atoms with Crippen molar-refractivity contribution < 1.29 is 0 Å². The molecule has 0 rings (SSSR count).